The molecule has 0 spiro atoms. The van der Waals surface area contributed by atoms with Gasteiger partial charge in [-0.05, 0) is 49.8 Å². The fraction of sp³-hybridized carbons (Fsp3) is 0.444. The number of rotatable bonds is 5. The van der Waals surface area contributed by atoms with Crippen LogP contribution in [0.3, 0.4) is 0 Å². The molecule has 0 unspecified atom stereocenters. The van der Waals surface area contributed by atoms with E-state index in [-0.39, 0.29) is 5.41 Å². The van der Waals surface area contributed by atoms with Crippen LogP contribution in [0.25, 0.3) is 0 Å². The molecular formula is C18H23NO3S2. The van der Waals surface area contributed by atoms with Crippen molar-refractivity contribution in [3.8, 4) is 0 Å². The molecule has 1 aliphatic rings. The van der Waals surface area contributed by atoms with Gasteiger partial charge in [0.1, 0.15) is 0 Å². The Morgan fingerprint density at radius 1 is 1.21 bits per heavy atom. The van der Waals surface area contributed by atoms with E-state index in [1.54, 1.807) is 17.4 Å². The van der Waals surface area contributed by atoms with Gasteiger partial charge < -0.3 is 4.74 Å². The summed E-state index contributed by atoms with van der Waals surface area (Å²) in [6.07, 6.45) is 1.67. The van der Waals surface area contributed by atoms with Crippen LogP contribution in [0.1, 0.15) is 28.8 Å². The molecule has 6 heteroatoms. The smallest absolute Gasteiger partial charge is 0.240 e. The highest BCUT2D eigenvalue weighted by molar-refractivity contribution is 7.89. The molecule has 1 aromatic heterocycles. The molecule has 0 saturated carbocycles. The molecule has 2 heterocycles. The maximum Gasteiger partial charge on any atom is 0.240 e. The van der Waals surface area contributed by atoms with Gasteiger partial charge in [0.25, 0.3) is 0 Å². The Bertz CT molecular complexity index is 792. The second-order valence-corrected chi connectivity index (χ2v) is 9.15. The van der Waals surface area contributed by atoms with Gasteiger partial charge >= 0.3 is 0 Å². The molecular weight excluding hydrogens is 342 g/mol. The molecule has 1 aliphatic heterocycles. The molecule has 0 bridgehead atoms. The van der Waals surface area contributed by atoms with Gasteiger partial charge in [-0.2, -0.15) is 0 Å². The monoisotopic (exact) mass is 365 g/mol. The lowest BCUT2D eigenvalue weighted by Gasteiger charge is -2.36. The van der Waals surface area contributed by atoms with Crippen LogP contribution in [0.4, 0.5) is 0 Å². The lowest BCUT2D eigenvalue weighted by molar-refractivity contribution is 0.0529. The van der Waals surface area contributed by atoms with Crippen molar-refractivity contribution in [3.63, 3.8) is 0 Å². The molecule has 4 nitrogen and oxygen atoms in total. The van der Waals surface area contributed by atoms with Crippen LogP contribution < -0.4 is 4.72 Å². The zero-order valence-electron chi connectivity index (χ0n) is 14.0. The number of ether oxygens (including phenoxy) is 1. The van der Waals surface area contributed by atoms with Gasteiger partial charge in [-0.25, -0.2) is 13.1 Å². The van der Waals surface area contributed by atoms with E-state index in [1.807, 2.05) is 37.4 Å². The first kappa shape index (κ1) is 17.6. The predicted octanol–water partition coefficient (Wildman–Crippen LogP) is 3.39. The van der Waals surface area contributed by atoms with Gasteiger partial charge in [-0.15, -0.1) is 11.3 Å². The zero-order chi connectivity index (χ0) is 17.2. The van der Waals surface area contributed by atoms with Crippen molar-refractivity contribution in [2.75, 3.05) is 19.8 Å². The van der Waals surface area contributed by atoms with E-state index in [0.29, 0.717) is 24.7 Å². The lowest BCUT2D eigenvalue weighted by Crippen LogP contribution is -2.44. The Hall–Kier alpha value is -1.21. The van der Waals surface area contributed by atoms with Crippen LogP contribution in [0.2, 0.25) is 0 Å². The van der Waals surface area contributed by atoms with E-state index in [2.05, 4.69) is 10.8 Å². The first-order valence-corrected chi connectivity index (χ1v) is 10.5. The molecule has 1 N–H and O–H groups in total. The molecule has 1 fully saturated rings. The van der Waals surface area contributed by atoms with E-state index in [0.717, 1.165) is 24.0 Å². The summed E-state index contributed by atoms with van der Waals surface area (Å²) in [5, 5.41) is 2.05. The van der Waals surface area contributed by atoms with E-state index in [1.165, 1.54) is 4.88 Å². The maximum atomic E-state index is 12.8. The second-order valence-electron chi connectivity index (χ2n) is 6.46. The maximum absolute atomic E-state index is 12.8. The number of hydrogen-bond acceptors (Lipinski definition) is 4. The van der Waals surface area contributed by atoms with E-state index in [9.17, 15) is 8.42 Å². The average Bonchev–Trinajstić information content (AvgIpc) is 3.09. The third-order valence-electron chi connectivity index (χ3n) is 4.71. The van der Waals surface area contributed by atoms with Crippen LogP contribution in [-0.2, 0) is 20.2 Å². The Labute approximate surface area is 147 Å². The molecule has 130 valence electrons. The lowest BCUT2D eigenvalue weighted by atomic mass is 9.79. The quantitative estimate of drug-likeness (QED) is 0.884. The summed E-state index contributed by atoms with van der Waals surface area (Å²) in [7, 11) is -3.52. The summed E-state index contributed by atoms with van der Waals surface area (Å²) in [5.74, 6) is 0. The van der Waals surface area contributed by atoms with Crippen LogP contribution in [0.5, 0.6) is 0 Å². The number of hydrogen-bond donors (Lipinski definition) is 1. The van der Waals surface area contributed by atoms with Crippen molar-refractivity contribution in [1.29, 1.82) is 0 Å². The zero-order valence-corrected chi connectivity index (χ0v) is 15.7. The highest BCUT2D eigenvalue weighted by Gasteiger charge is 2.36. The molecule has 0 radical (unpaired) electrons. The molecule has 0 atom stereocenters. The Balaban J connectivity index is 1.84. The van der Waals surface area contributed by atoms with Gasteiger partial charge in [-0.1, -0.05) is 23.8 Å². The van der Waals surface area contributed by atoms with E-state index in [4.69, 9.17) is 4.74 Å². The summed E-state index contributed by atoms with van der Waals surface area (Å²) in [4.78, 5) is 1.59. The van der Waals surface area contributed by atoms with E-state index >= 15 is 0 Å². The SMILES string of the molecule is Cc1ccc(S(=O)(=O)NCC2(c3cccs3)CCOCC2)c(C)c1. The first-order chi connectivity index (χ1) is 11.4. The van der Waals surface area contributed by atoms with Crippen molar-refractivity contribution in [3.05, 3.63) is 51.7 Å². The molecule has 3 rings (SSSR count). The summed E-state index contributed by atoms with van der Waals surface area (Å²) in [5.41, 5.74) is 1.67. The average molecular weight is 366 g/mol. The van der Waals surface area contributed by atoms with Crippen LogP contribution in [-0.4, -0.2) is 28.2 Å². The van der Waals surface area contributed by atoms with Gasteiger partial charge in [0.15, 0.2) is 0 Å². The highest BCUT2D eigenvalue weighted by Crippen LogP contribution is 2.37. The first-order valence-electron chi connectivity index (χ1n) is 8.12. The molecule has 1 saturated heterocycles. The Morgan fingerprint density at radius 3 is 2.58 bits per heavy atom. The number of nitrogens with one attached hydrogen (secondary N) is 1. The Kier molecular flexibility index (Phi) is 5.11. The third kappa shape index (κ3) is 3.57. The fourth-order valence-corrected chi connectivity index (χ4v) is 5.60. The summed E-state index contributed by atoms with van der Waals surface area (Å²) < 4.78 is 33.9. The number of sulfonamides is 1. The fourth-order valence-electron chi connectivity index (χ4n) is 3.26. The minimum absolute atomic E-state index is 0.169. The van der Waals surface area contributed by atoms with Crippen molar-refractivity contribution < 1.29 is 13.2 Å². The Morgan fingerprint density at radius 2 is 1.96 bits per heavy atom. The standard InChI is InChI=1S/C18H23NO3S2/c1-14-5-6-16(15(2)12-14)24(20,21)19-13-18(7-9-22-10-8-18)17-4-3-11-23-17/h3-6,11-12,19H,7-10,13H2,1-2H3. The summed E-state index contributed by atoms with van der Waals surface area (Å²) >= 11 is 1.69. The molecule has 0 amide bonds. The van der Waals surface area contributed by atoms with Gasteiger partial charge in [-0.3, -0.25) is 0 Å². The van der Waals surface area contributed by atoms with Crippen molar-refractivity contribution in [1.82, 2.24) is 4.72 Å². The minimum atomic E-state index is -3.52. The summed E-state index contributed by atoms with van der Waals surface area (Å²) in [6.45, 7) is 5.55. The number of benzene rings is 1. The second kappa shape index (κ2) is 6.96. The number of thiophene rings is 1. The normalized spacial score (nSPS) is 17.8. The number of aryl methyl sites for hydroxylation is 2. The third-order valence-corrected chi connectivity index (χ3v) is 7.39. The topological polar surface area (TPSA) is 55.4 Å². The molecule has 0 aliphatic carbocycles. The van der Waals surface area contributed by atoms with Crippen molar-refractivity contribution in [2.24, 2.45) is 0 Å². The van der Waals surface area contributed by atoms with Crippen LogP contribution in [0.15, 0.2) is 40.6 Å². The van der Waals surface area contributed by atoms with E-state index < -0.39 is 10.0 Å². The minimum Gasteiger partial charge on any atom is -0.381 e. The van der Waals surface area contributed by atoms with Crippen LogP contribution >= 0.6 is 11.3 Å². The molecule has 1 aromatic carbocycles. The van der Waals surface area contributed by atoms with Crippen molar-refractivity contribution >= 4 is 21.4 Å². The predicted molar refractivity (Wildman–Crippen MR) is 97.2 cm³/mol. The largest absolute Gasteiger partial charge is 0.381 e. The molecule has 24 heavy (non-hydrogen) atoms. The van der Waals surface area contributed by atoms with Crippen LogP contribution in [0, 0.1) is 13.8 Å². The molecule has 2 aromatic rings. The van der Waals surface area contributed by atoms with Gasteiger partial charge in [0.05, 0.1) is 4.90 Å². The highest BCUT2D eigenvalue weighted by atomic mass is 32.2. The van der Waals surface area contributed by atoms with Crippen molar-refractivity contribution in [2.45, 2.75) is 37.0 Å². The summed E-state index contributed by atoms with van der Waals surface area (Å²) in [6, 6.07) is 9.55. The van der Waals surface area contributed by atoms with Gasteiger partial charge in [0, 0.05) is 30.1 Å². The van der Waals surface area contributed by atoms with Gasteiger partial charge in [0.2, 0.25) is 10.0 Å².